The molecule has 174 valence electrons. The van der Waals surface area contributed by atoms with Crippen molar-refractivity contribution >= 4 is 39.9 Å². The van der Waals surface area contributed by atoms with Gasteiger partial charge >= 0.3 is 11.9 Å². The molecule has 0 aliphatic rings. The highest BCUT2D eigenvalue weighted by atomic mass is 79.9. The lowest BCUT2D eigenvalue weighted by Crippen LogP contribution is -2.28. The second kappa shape index (κ2) is 11.3. The van der Waals surface area contributed by atoms with E-state index in [0.29, 0.717) is 22.6 Å². The van der Waals surface area contributed by atoms with Crippen molar-refractivity contribution in [3.8, 4) is 17.2 Å². The summed E-state index contributed by atoms with van der Waals surface area (Å²) in [5.74, 6) is -0.217. The minimum Gasteiger partial charge on any atom is -0.464 e. The lowest BCUT2D eigenvalue weighted by atomic mass is 10.1. The molecule has 3 rings (SSSR count). The van der Waals surface area contributed by atoms with Crippen LogP contribution in [0.1, 0.15) is 28.4 Å². The molecule has 34 heavy (non-hydrogen) atoms. The van der Waals surface area contributed by atoms with Crippen molar-refractivity contribution in [2.45, 2.75) is 13.8 Å². The number of methoxy groups -OCH3 is 1. The van der Waals surface area contributed by atoms with Gasteiger partial charge in [-0.25, -0.2) is 4.79 Å². The summed E-state index contributed by atoms with van der Waals surface area (Å²) in [6.07, 6.45) is 1.50. The van der Waals surface area contributed by atoms with Crippen LogP contribution >= 0.6 is 15.9 Å². The Balaban J connectivity index is 1.82. The van der Waals surface area contributed by atoms with Crippen molar-refractivity contribution in [1.29, 1.82) is 0 Å². The van der Waals surface area contributed by atoms with Gasteiger partial charge in [0, 0.05) is 18.1 Å². The van der Waals surface area contributed by atoms with Crippen LogP contribution in [0.15, 0.2) is 76.9 Å². The third-order valence-corrected chi connectivity index (χ3v) is 5.35. The lowest BCUT2D eigenvalue weighted by Gasteiger charge is -2.12. The number of para-hydroxylation sites is 1. The minimum absolute atomic E-state index is 0.0516. The zero-order valence-electron chi connectivity index (χ0n) is 18.8. The van der Waals surface area contributed by atoms with Crippen LogP contribution in [0.4, 0.5) is 0 Å². The number of hydrogen-bond acceptors (Lipinski definition) is 6. The summed E-state index contributed by atoms with van der Waals surface area (Å²) in [5, 5.41) is 2.59. The van der Waals surface area contributed by atoms with E-state index in [1.807, 2.05) is 24.3 Å². The van der Waals surface area contributed by atoms with E-state index in [1.54, 1.807) is 49.4 Å². The zero-order chi connectivity index (χ0) is 24.7. The summed E-state index contributed by atoms with van der Waals surface area (Å²) < 4.78 is 16.6. The quantitative estimate of drug-likeness (QED) is 0.252. The molecule has 0 aromatic heterocycles. The summed E-state index contributed by atoms with van der Waals surface area (Å²) in [4.78, 5) is 36.5. The van der Waals surface area contributed by atoms with Gasteiger partial charge in [-0.05, 0) is 70.9 Å². The van der Waals surface area contributed by atoms with Crippen LogP contribution in [0, 0.1) is 6.92 Å². The number of amides is 1. The number of hydrogen-bond donors (Lipinski definition) is 1. The highest BCUT2D eigenvalue weighted by molar-refractivity contribution is 9.10. The minimum atomic E-state index is -0.712. The van der Waals surface area contributed by atoms with Crippen molar-refractivity contribution in [3.05, 3.63) is 93.6 Å². The summed E-state index contributed by atoms with van der Waals surface area (Å²) in [7, 11) is 1.23. The van der Waals surface area contributed by atoms with Crippen molar-refractivity contribution in [1.82, 2.24) is 5.32 Å². The summed E-state index contributed by atoms with van der Waals surface area (Å²) in [6.45, 7) is 2.93. The van der Waals surface area contributed by atoms with E-state index in [4.69, 9.17) is 14.2 Å². The highest BCUT2D eigenvalue weighted by Crippen LogP contribution is 2.29. The fraction of sp³-hybridized carbons (Fsp3) is 0.115. The standard InChI is InChI=1S/C26H22BrNO6/c1-16-20(7-6-10-23(16)33-17(2)29)25(30)28-22(26(31)32-3)15-18-11-13-19(14-12-18)34-24-9-5-4-8-21(24)27/h4-15H,1-3H3,(H,28,30). The van der Waals surface area contributed by atoms with Crippen LogP contribution in [0.2, 0.25) is 0 Å². The van der Waals surface area contributed by atoms with Crippen LogP contribution < -0.4 is 14.8 Å². The van der Waals surface area contributed by atoms with Gasteiger partial charge < -0.3 is 19.5 Å². The predicted molar refractivity (Wildman–Crippen MR) is 131 cm³/mol. The van der Waals surface area contributed by atoms with Gasteiger partial charge in [-0.15, -0.1) is 0 Å². The Labute approximate surface area is 205 Å². The highest BCUT2D eigenvalue weighted by Gasteiger charge is 2.18. The number of carbonyl (C=O) groups is 3. The molecule has 0 unspecified atom stereocenters. The van der Waals surface area contributed by atoms with Crippen molar-refractivity contribution in [3.63, 3.8) is 0 Å². The number of nitrogens with one attached hydrogen (secondary N) is 1. The lowest BCUT2D eigenvalue weighted by molar-refractivity contribution is -0.136. The molecule has 0 spiro atoms. The van der Waals surface area contributed by atoms with Gasteiger partial charge in [0.1, 0.15) is 22.9 Å². The molecule has 0 aliphatic carbocycles. The summed E-state index contributed by atoms with van der Waals surface area (Å²) in [6, 6.07) is 19.2. The smallest absolute Gasteiger partial charge is 0.354 e. The van der Waals surface area contributed by atoms with Gasteiger partial charge in [-0.2, -0.15) is 0 Å². The first kappa shape index (κ1) is 24.7. The Hall–Kier alpha value is -3.91. The molecule has 0 radical (unpaired) electrons. The molecule has 1 N–H and O–H groups in total. The molecule has 1 amide bonds. The summed E-state index contributed by atoms with van der Waals surface area (Å²) in [5.41, 5.74) is 1.31. The Morgan fingerprint density at radius 2 is 1.59 bits per heavy atom. The van der Waals surface area contributed by atoms with Gasteiger partial charge in [0.15, 0.2) is 0 Å². The molecule has 0 saturated carbocycles. The average Bonchev–Trinajstić information content (AvgIpc) is 2.81. The maximum atomic E-state index is 12.9. The Kier molecular flexibility index (Phi) is 8.21. The maximum Gasteiger partial charge on any atom is 0.354 e. The number of halogens is 1. The molecule has 0 heterocycles. The molecular formula is C26H22BrNO6. The van der Waals surface area contributed by atoms with Crippen LogP contribution in [-0.4, -0.2) is 25.0 Å². The first-order valence-corrected chi connectivity index (χ1v) is 11.0. The number of esters is 2. The van der Waals surface area contributed by atoms with Gasteiger partial charge in [0.25, 0.3) is 5.91 Å². The molecule has 3 aromatic rings. The molecule has 3 aromatic carbocycles. The van der Waals surface area contributed by atoms with E-state index >= 15 is 0 Å². The van der Waals surface area contributed by atoms with Crippen LogP contribution in [-0.2, 0) is 14.3 Å². The normalized spacial score (nSPS) is 10.9. The van der Waals surface area contributed by atoms with E-state index in [0.717, 1.165) is 4.47 Å². The largest absolute Gasteiger partial charge is 0.464 e. The zero-order valence-corrected chi connectivity index (χ0v) is 20.3. The fourth-order valence-corrected chi connectivity index (χ4v) is 3.39. The first-order chi connectivity index (χ1) is 16.3. The SMILES string of the molecule is COC(=O)C(=Cc1ccc(Oc2ccccc2Br)cc1)NC(=O)c1cccc(OC(C)=O)c1C. The first-order valence-electron chi connectivity index (χ1n) is 10.2. The molecule has 0 fully saturated rings. The fourth-order valence-electron chi connectivity index (χ4n) is 3.02. The van der Waals surface area contributed by atoms with E-state index in [2.05, 4.69) is 21.2 Å². The van der Waals surface area contributed by atoms with Crippen LogP contribution in [0.3, 0.4) is 0 Å². The molecule has 0 atom stereocenters. The second-order valence-electron chi connectivity index (χ2n) is 7.13. The second-order valence-corrected chi connectivity index (χ2v) is 7.98. The van der Waals surface area contributed by atoms with Gasteiger partial charge in [0.05, 0.1) is 11.6 Å². The predicted octanol–water partition coefficient (Wildman–Crippen LogP) is 5.42. The van der Waals surface area contributed by atoms with E-state index in [1.165, 1.54) is 20.1 Å². The van der Waals surface area contributed by atoms with Crippen LogP contribution in [0.5, 0.6) is 17.2 Å². The van der Waals surface area contributed by atoms with Crippen molar-refractivity contribution < 1.29 is 28.6 Å². The molecule has 0 aliphatic heterocycles. The van der Waals surface area contributed by atoms with E-state index in [-0.39, 0.29) is 17.0 Å². The molecule has 7 nitrogen and oxygen atoms in total. The number of rotatable bonds is 7. The van der Waals surface area contributed by atoms with E-state index < -0.39 is 17.8 Å². The van der Waals surface area contributed by atoms with Gasteiger partial charge in [-0.3, -0.25) is 9.59 Å². The van der Waals surface area contributed by atoms with Gasteiger partial charge in [0.2, 0.25) is 0 Å². The van der Waals surface area contributed by atoms with E-state index in [9.17, 15) is 14.4 Å². The number of ether oxygens (including phenoxy) is 3. The number of carbonyl (C=O) groups excluding carboxylic acids is 3. The Morgan fingerprint density at radius 3 is 2.24 bits per heavy atom. The third-order valence-electron chi connectivity index (χ3n) is 4.69. The third kappa shape index (κ3) is 6.32. The Morgan fingerprint density at radius 1 is 0.912 bits per heavy atom. The average molecular weight is 524 g/mol. The maximum absolute atomic E-state index is 12.9. The monoisotopic (exact) mass is 523 g/mol. The Bertz CT molecular complexity index is 1250. The topological polar surface area (TPSA) is 90.9 Å². The van der Waals surface area contributed by atoms with Crippen LogP contribution in [0.25, 0.3) is 6.08 Å². The molecular weight excluding hydrogens is 502 g/mol. The summed E-state index contributed by atoms with van der Waals surface area (Å²) >= 11 is 3.44. The number of benzene rings is 3. The van der Waals surface area contributed by atoms with Crippen molar-refractivity contribution in [2.75, 3.05) is 7.11 Å². The molecule has 0 bridgehead atoms. The molecule has 0 saturated heterocycles. The van der Waals surface area contributed by atoms with Crippen molar-refractivity contribution in [2.24, 2.45) is 0 Å². The van der Waals surface area contributed by atoms with Gasteiger partial charge in [-0.1, -0.05) is 30.3 Å². The molecule has 8 heteroatoms.